The average molecular weight is 411 g/mol. The van der Waals surface area contributed by atoms with Crippen molar-refractivity contribution < 1.29 is 19.4 Å². The zero-order valence-electron chi connectivity index (χ0n) is 17.0. The Labute approximate surface area is 179 Å². The van der Waals surface area contributed by atoms with E-state index in [1.165, 1.54) is 18.2 Å². The molecule has 0 saturated heterocycles. The van der Waals surface area contributed by atoms with E-state index >= 15 is 0 Å². The maximum absolute atomic E-state index is 12.8. The molecule has 0 aliphatic rings. The molecule has 1 heterocycles. The fraction of sp³-hybridized carbons (Fsp3) is 0.0769. The summed E-state index contributed by atoms with van der Waals surface area (Å²) in [4.78, 5) is 25.2. The highest BCUT2D eigenvalue weighted by Gasteiger charge is 2.12. The highest BCUT2D eigenvalue weighted by molar-refractivity contribution is 6.08. The summed E-state index contributed by atoms with van der Waals surface area (Å²) in [7, 11) is 1.59. The number of phenolic OH excluding ortho intramolecular Hbond substituents is 1. The second-order valence-corrected chi connectivity index (χ2v) is 7.13. The number of ether oxygens (including phenoxy) is 1. The van der Waals surface area contributed by atoms with Gasteiger partial charge in [-0.3, -0.25) is 9.59 Å². The van der Waals surface area contributed by atoms with Crippen LogP contribution in [0.4, 0.5) is 0 Å². The minimum atomic E-state index is -0.161. The lowest BCUT2D eigenvalue weighted by Gasteiger charge is -2.06. The van der Waals surface area contributed by atoms with Crippen molar-refractivity contribution in [3.63, 3.8) is 0 Å². The monoisotopic (exact) mass is 411 g/mol. The molecule has 31 heavy (non-hydrogen) atoms. The van der Waals surface area contributed by atoms with Crippen LogP contribution in [-0.4, -0.2) is 28.3 Å². The lowest BCUT2D eigenvalue weighted by Crippen LogP contribution is -2.09. The number of carbonyl (C=O) groups is 2. The minimum absolute atomic E-state index is 0.0147. The molecule has 3 aromatic carbocycles. The number of hydrogen-bond acceptors (Lipinski definition) is 4. The van der Waals surface area contributed by atoms with Gasteiger partial charge in [0.25, 0.3) is 0 Å². The topological polar surface area (TPSA) is 68.5 Å². The van der Waals surface area contributed by atoms with E-state index in [0.717, 1.165) is 16.5 Å². The molecule has 4 rings (SSSR count). The number of para-hydroxylation sites is 1. The highest BCUT2D eigenvalue weighted by atomic mass is 16.5. The van der Waals surface area contributed by atoms with Gasteiger partial charge in [-0.15, -0.1) is 0 Å². The molecule has 4 aromatic rings. The molecule has 5 nitrogen and oxygen atoms in total. The van der Waals surface area contributed by atoms with Crippen LogP contribution >= 0.6 is 0 Å². The van der Waals surface area contributed by atoms with Crippen LogP contribution < -0.4 is 4.74 Å². The Hall–Kier alpha value is -4.12. The fourth-order valence-corrected chi connectivity index (χ4v) is 3.45. The van der Waals surface area contributed by atoms with Crippen LogP contribution in [0.3, 0.4) is 0 Å². The van der Waals surface area contributed by atoms with Gasteiger partial charge in [0, 0.05) is 33.8 Å². The SMILES string of the molecule is COc1ccc(C(=O)Cn2cc(/C=C/C(=O)c3ccc(O)cc3)c3ccccc32)cc1. The number of phenols is 1. The van der Waals surface area contributed by atoms with Gasteiger partial charge in [-0.05, 0) is 66.7 Å². The predicted octanol–water partition coefficient (Wildman–Crippen LogP) is 5.13. The van der Waals surface area contributed by atoms with Crippen molar-refractivity contribution in [2.24, 2.45) is 0 Å². The van der Waals surface area contributed by atoms with Crippen LogP contribution in [0.25, 0.3) is 17.0 Å². The average Bonchev–Trinajstić information content (AvgIpc) is 3.15. The largest absolute Gasteiger partial charge is 0.508 e. The number of rotatable bonds is 7. The van der Waals surface area contributed by atoms with Gasteiger partial charge in [0.1, 0.15) is 11.5 Å². The molecule has 0 spiro atoms. The van der Waals surface area contributed by atoms with Gasteiger partial charge in [0.05, 0.1) is 13.7 Å². The second kappa shape index (κ2) is 8.71. The van der Waals surface area contributed by atoms with Crippen molar-refractivity contribution in [2.45, 2.75) is 6.54 Å². The normalized spacial score (nSPS) is 11.1. The molecule has 0 radical (unpaired) electrons. The number of benzene rings is 3. The van der Waals surface area contributed by atoms with E-state index in [4.69, 9.17) is 4.74 Å². The molecule has 0 unspecified atom stereocenters. The second-order valence-electron chi connectivity index (χ2n) is 7.13. The van der Waals surface area contributed by atoms with Gasteiger partial charge in [0.15, 0.2) is 11.6 Å². The number of allylic oxidation sites excluding steroid dienone is 1. The zero-order chi connectivity index (χ0) is 21.8. The first-order chi connectivity index (χ1) is 15.0. The summed E-state index contributed by atoms with van der Waals surface area (Å²) in [5.41, 5.74) is 2.87. The third-order valence-electron chi connectivity index (χ3n) is 5.11. The van der Waals surface area contributed by atoms with E-state index in [1.54, 1.807) is 49.6 Å². The van der Waals surface area contributed by atoms with Gasteiger partial charge < -0.3 is 14.4 Å². The number of aromatic hydroxyl groups is 1. The van der Waals surface area contributed by atoms with E-state index in [9.17, 15) is 14.7 Å². The highest BCUT2D eigenvalue weighted by Crippen LogP contribution is 2.24. The summed E-state index contributed by atoms with van der Waals surface area (Å²) in [6, 6.07) is 20.9. The number of carbonyl (C=O) groups excluding carboxylic acids is 2. The maximum atomic E-state index is 12.8. The van der Waals surface area contributed by atoms with Gasteiger partial charge in [-0.25, -0.2) is 0 Å². The van der Waals surface area contributed by atoms with Crippen molar-refractivity contribution in [3.05, 3.63) is 102 Å². The fourth-order valence-electron chi connectivity index (χ4n) is 3.45. The van der Waals surface area contributed by atoms with E-state index < -0.39 is 0 Å². The summed E-state index contributed by atoms with van der Waals surface area (Å²) in [6.45, 7) is 0.187. The molecule has 0 atom stereocenters. The zero-order valence-corrected chi connectivity index (χ0v) is 17.0. The van der Waals surface area contributed by atoms with E-state index in [0.29, 0.717) is 16.9 Å². The predicted molar refractivity (Wildman–Crippen MR) is 121 cm³/mol. The van der Waals surface area contributed by atoms with Crippen LogP contribution in [0.1, 0.15) is 26.3 Å². The Morgan fingerprint density at radius 2 is 1.61 bits per heavy atom. The van der Waals surface area contributed by atoms with Crippen molar-refractivity contribution in [1.29, 1.82) is 0 Å². The molecule has 0 amide bonds. The maximum Gasteiger partial charge on any atom is 0.185 e. The number of ketones is 2. The molecule has 0 fully saturated rings. The number of fused-ring (bicyclic) bond motifs is 1. The third-order valence-corrected chi connectivity index (χ3v) is 5.11. The molecule has 154 valence electrons. The summed E-state index contributed by atoms with van der Waals surface area (Å²) >= 11 is 0. The third kappa shape index (κ3) is 4.41. The molecular weight excluding hydrogens is 390 g/mol. The van der Waals surface area contributed by atoms with Crippen molar-refractivity contribution in [2.75, 3.05) is 7.11 Å². The Morgan fingerprint density at radius 3 is 2.32 bits per heavy atom. The number of nitrogens with zero attached hydrogens (tertiary/aromatic N) is 1. The van der Waals surface area contributed by atoms with E-state index in [2.05, 4.69) is 0 Å². The van der Waals surface area contributed by atoms with Gasteiger partial charge in [-0.1, -0.05) is 18.2 Å². The first kappa shape index (κ1) is 20.2. The first-order valence-corrected chi connectivity index (χ1v) is 9.82. The number of aromatic nitrogens is 1. The molecule has 1 aromatic heterocycles. The Bertz CT molecular complexity index is 1270. The van der Waals surface area contributed by atoms with Crippen LogP contribution in [0.2, 0.25) is 0 Å². The minimum Gasteiger partial charge on any atom is -0.508 e. The quantitative estimate of drug-likeness (QED) is 0.338. The van der Waals surface area contributed by atoms with Crippen LogP contribution in [0, 0.1) is 0 Å². The first-order valence-electron chi connectivity index (χ1n) is 9.82. The Kier molecular flexibility index (Phi) is 5.67. The molecule has 0 bridgehead atoms. The molecule has 1 N–H and O–H groups in total. The van der Waals surface area contributed by atoms with Gasteiger partial charge >= 0.3 is 0 Å². The summed E-state index contributed by atoms with van der Waals surface area (Å²) in [5, 5.41) is 10.3. The lowest BCUT2D eigenvalue weighted by atomic mass is 10.1. The van der Waals surface area contributed by atoms with Crippen LogP contribution in [0.5, 0.6) is 11.5 Å². The number of methoxy groups -OCH3 is 1. The molecular formula is C26H21NO4. The van der Waals surface area contributed by atoms with E-state index in [-0.39, 0.29) is 23.9 Å². The standard InChI is InChI=1S/C26H21NO4/c1-31-22-13-8-19(9-14-22)26(30)17-27-16-20(23-4-2-3-5-24(23)27)10-15-25(29)18-6-11-21(28)12-7-18/h2-16,28H,17H2,1H3/b15-10+. The summed E-state index contributed by atoms with van der Waals surface area (Å²) < 4.78 is 7.04. The molecule has 0 saturated carbocycles. The van der Waals surface area contributed by atoms with Crippen LogP contribution in [0.15, 0.2) is 85.1 Å². The Morgan fingerprint density at radius 1 is 0.935 bits per heavy atom. The molecule has 0 aliphatic carbocycles. The molecule has 5 heteroatoms. The molecule has 0 aliphatic heterocycles. The lowest BCUT2D eigenvalue weighted by molar-refractivity contribution is 0.0972. The van der Waals surface area contributed by atoms with Crippen LogP contribution in [-0.2, 0) is 6.54 Å². The number of Topliss-reactive ketones (excluding diaryl/α,β-unsaturated/α-hetero) is 1. The van der Waals surface area contributed by atoms with Crippen molar-refractivity contribution in [1.82, 2.24) is 4.57 Å². The Balaban J connectivity index is 1.60. The van der Waals surface area contributed by atoms with Crippen molar-refractivity contribution in [3.8, 4) is 11.5 Å². The van der Waals surface area contributed by atoms with E-state index in [1.807, 2.05) is 35.0 Å². The van der Waals surface area contributed by atoms with Gasteiger partial charge in [0.2, 0.25) is 0 Å². The smallest absolute Gasteiger partial charge is 0.185 e. The van der Waals surface area contributed by atoms with Crippen molar-refractivity contribution >= 4 is 28.5 Å². The number of hydrogen-bond donors (Lipinski definition) is 1. The summed E-state index contributed by atoms with van der Waals surface area (Å²) in [5.74, 6) is 0.643. The van der Waals surface area contributed by atoms with Gasteiger partial charge in [-0.2, -0.15) is 0 Å². The summed E-state index contributed by atoms with van der Waals surface area (Å²) in [6.07, 6.45) is 5.14.